The van der Waals surface area contributed by atoms with Crippen molar-refractivity contribution < 1.29 is 13.9 Å². The van der Waals surface area contributed by atoms with E-state index in [2.05, 4.69) is 0 Å². The van der Waals surface area contributed by atoms with Gasteiger partial charge in [0.1, 0.15) is 24.2 Å². The first-order valence-electron chi connectivity index (χ1n) is 6.87. The standard InChI is InChI=1S/C18H14O4/c1-12-4-2-3-5-13(12)10-21-15-6-7-17-16(8-15)18(20)14(9-19)11-22-17/h2-9,11H,10H2,1H3. The van der Waals surface area contributed by atoms with Crippen LogP contribution < -0.4 is 10.2 Å². The van der Waals surface area contributed by atoms with Crippen molar-refractivity contribution in [1.82, 2.24) is 0 Å². The summed E-state index contributed by atoms with van der Waals surface area (Å²) in [6.07, 6.45) is 1.66. The second-order valence-corrected chi connectivity index (χ2v) is 5.01. The van der Waals surface area contributed by atoms with E-state index in [0.717, 1.165) is 11.1 Å². The Morgan fingerprint density at radius 2 is 2.00 bits per heavy atom. The fraction of sp³-hybridized carbons (Fsp3) is 0.111. The summed E-state index contributed by atoms with van der Waals surface area (Å²) >= 11 is 0. The number of carbonyl (C=O) groups is 1. The summed E-state index contributed by atoms with van der Waals surface area (Å²) in [6.45, 7) is 2.43. The Labute approximate surface area is 127 Å². The molecule has 4 nitrogen and oxygen atoms in total. The average molecular weight is 294 g/mol. The van der Waals surface area contributed by atoms with E-state index in [0.29, 0.717) is 29.6 Å². The van der Waals surface area contributed by atoms with Crippen LogP contribution in [-0.4, -0.2) is 6.29 Å². The van der Waals surface area contributed by atoms with Crippen molar-refractivity contribution in [3.8, 4) is 5.75 Å². The van der Waals surface area contributed by atoms with Crippen LogP contribution in [0.4, 0.5) is 0 Å². The van der Waals surface area contributed by atoms with Crippen molar-refractivity contribution in [2.24, 2.45) is 0 Å². The minimum Gasteiger partial charge on any atom is -0.489 e. The van der Waals surface area contributed by atoms with Crippen LogP contribution in [0.3, 0.4) is 0 Å². The second kappa shape index (κ2) is 5.85. The molecule has 0 spiro atoms. The van der Waals surface area contributed by atoms with Crippen molar-refractivity contribution >= 4 is 17.3 Å². The molecule has 0 aliphatic rings. The molecule has 0 unspecified atom stereocenters. The van der Waals surface area contributed by atoms with E-state index in [-0.39, 0.29) is 11.0 Å². The number of aldehydes is 1. The van der Waals surface area contributed by atoms with Crippen LogP contribution in [0.25, 0.3) is 11.0 Å². The van der Waals surface area contributed by atoms with Crippen LogP contribution in [0.2, 0.25) is 0 Å². The summed E-state index contributed by atoms with van der Waals surface area (Å²) in [5.74, 6) is 0.561. The highest BCUT2D eigenvalue weighted by atomic mass is 16.5. The number of hydrogen-bond donors (Lipinski definition) is 0. The number of aryl methyl sites for hydroxylation is 1. The minimum absolute atomic E-state index is 0.00329. The number of hydrogen-bond acceptors (Lipinski definition) is 4. The molecule has 0 fully saturated rings. The summed E-state index contributed by atoms with van der Waals surface area (Å²) in [7, 11) is 0. The van der Waals surface area contributed by atoms with E-state index >= 15 is 0 Å². The van der Waals surface area contributed by atoms with Gasteiger partial charge in [-0.15, -0.1) is 0 Å². The summed E-state index contributed by atoms with van der Waals surface area (Å²) < 4.78 is 11.0. The summed E-state index contributed by atoms with van der Waals surface area (Å²) in [4.78, 5) is 22.9. The lowest BCUT2D eigenvalue weighted by Gasteiger charge is -2.09. The number of carbonyl (C=O) groups excluding carboxylic acids is 1. The molecule has 2 aromatic carbocycles. The maximum Gasteiger partial charge on any atom is 0.203 e. The first-order valence-corrected chi connectivity index (χ1v) is 6.87. The highest BCUT2D eigenvalue weighted by Crippen LogP contribution is 2.20. The molecule has 0 saturated carbocycles. The van der Waals surface area contributed by atoms with Gasteiger partial charge in [-0.05, 0) is 36.2 Å². The van der Waals surface area contributed by atoms with Gasteiger partial charge in [0.2, 0.25) is 5.43 Å². The molecule has 1 aromatic heterocycles. The summed E-state index contributed by atoms with van der Waals surface area (Å²) in [5, 5.41) is 0.340. The number of rotatable bonds is 4. The van der Waals surface area contributed by atoms with Crippen LogP contribution in [0.1, 0.15) is 21.5 Å². The van der Waals surface area contributed by atoms with Crippen molar-refractivity contribution in [1.29, 1.82) is 0 Å². The SMILES string of the molecule is Cc1ccccc1COc1ccc2occ(C=O)c(=O)c2c1. The highest BCUT2D eigenvalue weighted by molar-refractivity contribution is 5.84. The van der Waals surface area contributed by atoms with Gasteiger partial charge in [-0.1, -0.05) is 24.3 Å². The first-order chi connectivity index (χ1) is 10.7. The molecular weight excluding hydrogens is 280 g/mol. The van der Waals surface area contributed by atoms with E-state index < -0.39 is 0 Å². The molecule has 4 heteroatoms. The van der Waals surface area contributed by atoms with E-state index in [4.69, 9.17) is 9.15 Å². The maximum atomic E-state index is 12.1. The zero-order chi connectivity index (χ0) is 15.5. The molecule has 22 heavy (non-hydrogen) atoms. The van der Waals surface area contributed by atoms with Gasteiger partial charge in [-0.3, -0.25) is 9.59 Å². The Kier molecular flexibility index (Phi) is 3.74. The fourth-order valence-corrected chi connectivity index (χ4v) is 2.23. The lowest BCUT2D eigenvalue weighted by molar-refractivity contribution is 0.112. The molecule has 3 rings (SSSR count). The smallest absolute Gasteiger partial charge is 0.203 e. The Balaban J connectivity index is 1.92. The zero-order valence-corrected chi connectivity index (χ0v) is 12.0. The van der Waals surface area contributed by atoms with Crippen LogP contribution in [0, 0.1) is 6.92 Å². The number of ether oxygens (including phenoxy) is 1. The monoisotopic (exact) mass is 294 g/mol. The Hall–Kier alpha value is -2.88. The first kappa shape index (κ1) is 14.1. The Morgan fingerprint density at radius 1 is 1.18 bits per heavy atom. The average Bonchev–Trinajstić information content (AvgIpc) is 2.55. The maximum absolute atomic E-state index is 12.1. The zero-order valence-electron chi connectivity index (χ0n) is 12.0. The second-order valence-electron chi connectivity index (χ2n) is 5.01. The molecular formula is C18H14O4. The molecule has 0 amide bonds. The van der Waals surface area contributed by atoms with Crippen LogP contribution in [0.15, 0.2) is 57.9 Å². The number of fused-ring (bicyclic) bond motifs is 1. The van der Waals surface area contributed by atoms with E-state index in [1.807, 2.05) is 31.2 Å². The molecule has 0 aliphatic carbocycles. The predicted octanol–water partition coefficient (Wildman–Crippen LogP) is 3.49. The minimum atomic E-state index is -0.349. The molecule has 0 saturated heterocycles. The van der Waals surface area contributed by atoms with Crippen molar-refractivity contribution in [3.05, 3.63) is 75.6 Å². The highest BCUT2D eigenvalue weighted by Gasteiger charge is 2.08. The van der Waals surface area contributed by atoms with Gasteiger partial charge in [0.25, 0.3) is 0 Å². The molecule has 3 aromatic rings. The number of benzene rings is 2. The van der Waals surface area contributed by atoms with Crippen molar-refractivity contribution in [3.63, 3.8) is 0 Å². The van der Waals surface area contributed by atoms with Gasteiger partial charge in [0.05, 0.1) is 10.9 Å². The molecule has 0 aliphatic heterocycles. The third kappa shape index (κ3) is 2.63. The van der Waals surface area contributed by atoms with E-state index in [1.54, 1.807) is 18.2 Å². The van der Waals surface area contributed by atoms with Gasteiger partial charge >= 0.3 is 0 Å². The largest absolute Gasteiger partial charge is 0.489 e. The molecule has 0 bridgehead atoms. The van der Waals surface area contributed by atoms with Crippen LogP contribution >= 0.6 is 0 Å². The van der Waals surface area contributed by atoms with Gasteiger partial charge in [0, 0.05) is 0 Å². The molecule has 0 radical (unpaired) electrons. The van der Waals surface area contributed by atoms with E-state index in [9.17, 15) is 9.59 Å². The predicted molar refractivity (Wildman–Crippen MR) is 83.4 cm³/mol. The summed E-state index contributed by atoms with van der Waals surface area (Å²) in [6, 6.07) is 13.0. The molecule has 1 heterocycles. The van der Waals surface area contributed by atoms with Gasteiger partial charge < -0.3 is 9.15 Å². The Bertz CT molecular complexity index is 893. The fourth-order valence-electron chi connectivity index (χ4n) is 2.23. The molecule has 0 N–H and O–H groups in total. The quantitative estimate of drug-likeness (QED) is 0.691. The molecule has 0 atom stereocenters. The van der Waals surface area contributed by atoms with Crippen molar-refractivity contribution in [2.75, 3.05) is 0 Å². The van der Waals surface area contributed by atoms with Crippen LogP contribution in [0.5, 0.6) is 5.75 Å². The van der Waals surface area contributed by atoms with E-state index in [1.165, 1.54) is 6.26 Å². The third-order valence-corrected chi connectivity index (χ3v) is 3.55. The van der Waals surface area contributed by atoms with Crippen molar-refractivity contribution in [2.45, 2.75) is 13.5 Å². The van der Waals surface area contributed by atoms with Crippen LogP contribution in [-0.2, 0) is 6.61 Å². The Morgan fingerprint density at radius 3 is 2.77 bits per heavy atom. The van der Waals surface area contributed by atoms with Gasteiger partial charge in [0.15, 0.2) is 6.29 Å². The normalized spacial score (nSPS) is 10.6. The lowest BCUT2D eigenvalue weighted by Crippen LogP contribution is -2.07. The van der Waals surface area contributed by atoms with Gasteiger partial charge in [-0.2, -0.15) is 0 Å². The topological polar surface area (TPSA) is 56.5 Å². The summed E-state index contributed by atoms with van der Waals surface area (Å²) in [5.41, 5.74) is 2.31. The lowest BCUT2D eigenvalue weighted by atomic mass is 10.1. The third-order valence-electron chi connectivity index (χ3n) is 3.55. The van der Waals surface area contributed by atoms with Gasteiger partial charge in [-0.25, -0.2) is 0 Å². The molecule has 110 valence electrons.